The van der Waals surface area contributed by atoms with Crippen LogP contribution in [-0.4, -0.2) is 114 Å². The highest BCUT2D eigenvalue weighted by atomic mass is 32.2. The van der Waals surface area contributed by atoms with Crippen LogP contribution in [0.4, 0.5) is 0 Å². The maximum atomic E-state index is 13.5. The van der Waals surface area contributed by atoms with Crippen LogP contribution in [0.5, 0.6) is 0 Å². The summed E-state index contributed by atoms with van der Waals surface area (Å²) in [6.07, 6.45) is 4.13. The topological polar surface area (TPSA) is 175 Å². The number of aliphatic carboxylic acids is 1. The van der Waals surface area contributed by atoms with Crippen molar-refractivity contribution in [3.8, 4) is 0 Å². The Morgan fingerprint density at radius 3 is 2.88 bits per heavy atom. The zero-order valence-electron chi connectivity index (χ0n) is 23.0. The van der Waals surface area contributed by atoms with Crippen LogP contribution in [0.25, 0.3) is 0 Å². The van der Waals surface area contributed by atoms with E-state index in [4.69, 9.17) is 0 Å². The van der Waals surface area contributed by atoms with E-state index in [1.807, 2.05) is 6.92 Å². The van der Waals surface area contributed by atoms with E-state index in [9.17, 15) is 24.3 Å². The Labute approximate surface area is 241 Å². The smallest absolute Gasteiger partial charge is 0.353 e. The van der Waals surface area contributed by atoms with Gasteiger partial charge in [0.15, 0.2) is 0 Å². The predicted molar refractivity (Wildman–Crippen MR) is 145 cm³/mol. The van der Waals surface area contributed by atoms with E-state index >= 15 is 0 Å². The average molecular weight is 586 g/mol. The van der Waals surface area contributed by atoms with Gasteiger partial charge in [0.05, 0.1) is 18.0 Å². The standard InChI is InChI=1S/C26H35N9O5S/c1-12-20-19(13(2)30-18(36)8-33-11-29-31-32-33)24(38)35(20)21(25(39)40)22(12)41-16-4-17(28-7-16)23(37)34-10-26-5-15(34)3-14(26)6-27-9-26/h11-17,19-20,27-28H,3-10H2,1-2H3,(H,30,36)(H,39,40)/t12-,13-,14?,15?,16+,17+,19-,20-,26-/m1/s1. The zero-order chi connectivity index (χ0) is 28.6. The number of rotatable bonds is 8. The molecule has 6 aliphatic rings. The van der Waals surface area contributed by atoms with E-state index < -0.39 is 17.9 Å². The molecule has 7 rings (SSSR count). The summed E-state index contributed by atoms with van der Waals surface area (Å²) in [5.41, 5.74) is 0.278. The van der Waals surface area contributed by atoms with Crippen molar-refractivity contribution in [1.82, 2.24) is 46.0 Å². The third kappa shape index (κ3) is 4.18. The number of carboxylic acids is 1. The summed E-state index contributed by atoms with van der Waals surface area (Å²) in [4.78, 5) is 55.8. The number of nitrogens with one attached hydrogen (secondary N) is 3. The third-order valence-corrected chi connectivity index (χ3v) is 11.8. The van der Waals surface area contributed by atoms with Crippen molar-refractivity contribution < 1.29 is 24.3 Å². The fourth-order valence-corrected chi connectivity index (χ4v) is 9.85. The van der Waals surface area contributed by atoms with Gasteiger partial charge in [0, 0.05) is 53.2 Å². The SMILES string of the molecule is C[C@@H](NC(=O)Cn1cnnn1)[C@H]1C(=O)N2C(C(=O)O)=C(S[C@@H]3CN[C@H](C(=O)N4C[C@@]56CNCC5CC4C6)C3)[C@H](C)[C@H]12. The highest BCUT2D eigenvalue weighted by Gasteiger charge is 2.61. The van der Waals surface area contributed by atoms with E-state index in [1.54, 1.807) is 6.92 Å². The first-order valence-corrected chi connectivity index (χ1v) is 15.3. The van der Waals surface area contributed by atoms with Crippen molar-refractivity contribution in [3.63, 3.8) is 0 Å². The van der Waals surface area contributed by atoms with Gasteiger partial charge in [-0.1, -0.05) is 6.92 Å². The minimum absolute atomic E-state index is 0.0234. The fourth-order valence-electron chi connectivity index (χ4n) is 8.37. The number of hydrogen-bond acceptors (Lipinski definition) is 10. The van der Waals surface area contributed by atoms with E-state index in [-0.39, 0.29) is 58.6 Å². The van der Waals surface area contributed by atoms with Crippen LogP contribution in [0.3, 0.4) is 0 Å². The highest BCUT2D eigenvalue weighted by molar-refractivity contribution is 8.03. The number of hydrogen-bond donors (Lipinski definition) is 4. The minimum Gasteiger partial charge on any atom is -0.477 e. The first-order chi connectivity index (χ1) is 19.7. The number of aromatic nitrogens is 4. The Balaban J connectivity index is 0.995. The van der Waals surface area contributed by atoms with Crippen LogP contribution in [0.1, 0.15) is 33.1 Å². The number of fused-ring (bicyclic) bond motifs is 2. The van der Waals surface area contributed by atoms with Gasteiger partial charge in [-0.2, -0.15) is 0 Å². The quantitative estimate of drug-likeness (QED) is 0.265. The Morgan fingerprint density at radius 1 is 1.29 bits per heavy atom. The summed E-state index contributed by atoms with van der Waals surface area (Å²) in [6, 6.07) is -0.780. The lowest BCUT2D eigenvalue weighted by Crippen LogP contribution is -2.66. The lowest BCUT2D eigenvalue weighted by Gasteiger charge is -2.47. The largest absolute Gasteiger partial charge is 0.477 e. The van der Waals surface area contributed by atoms with Crippen LogP contribution in [0.15, 0.2) is 16.9 Å². The number of carboxylic acid groups (broad SMARTS) is 1. The molecule has 3 amide bonds. The summed E-state index contributed by atoms with van der Waals surface area (Å²) >= 11 is 1.48. The van der Waals surface area contributed by atoms with Gasteiger partial charge in [0.1, 0.15) is 18.6 Å². The van der Waals surface area contributed by atoms with Crippen molar-refractivity contribution in [1.29, 1.82) is 0 Å². The van der Waals surface area contributed by atoms with Gasteiger partial charge in [0.2, 0.25) is 17.7 Å². The predicted octanol–water partition coefficient (Wildman–Crippen LogP) is -1.38. The van der Waals surface area contributed by atoms with Crippen LogP contribution >= 0.6 is 11.8 Å². The molecule has 1 spiro atoms. The van der Waals surface area contributed by atoms with Gasteiger partial charge in [-0.3, -0.25) is 14.4 Å². The normalized spacial score (nSPS) is 37.8. The second kappa shape index (κ2) is 9.76. The van der Waals surface area contributed by atoms with Crippen molar-refractivity contribution in [3.05, 3.63) is 16.9 Å². The van der Waals surface area contributed by atoms with E-state index in [0.29, 0.717) is 29.8 Å². The number of nitrogens with zero attached hydrogens (tertiary/aromatic N) is 6. The van der Waals surface area contributed by atoms with Crippen molar-refractivity contribution in [2.45, 2.75) is 69.1 Å². The van der Waals surface area contributed by atoms with Gasteiger partial charge in [-0.15, -0.1) is 16.9 Å². The van der Waals surface area contributed by atoms with Crippen LogP contribution in [-0.2, 0) is 25.7 Å². The van der Waals surface area contributed by atoms with Gasteiger partial charge in [-0.25, -0.2) is 9.48 Å². The molecule has 220 valence electrons. The van der Waals surface area contributed by atoms with E-state index in [1.165, 1.54) is 27.7 Å². The van der Waals surface area contributed by atoms with Gasteiger partial charge >= 0.3 is 5.97 Å². The number of thioether (sulfide) groups is 1. The number of piperidine rings is 1. The molecule has 0 aromatic carbocycles. The molecule has 5 fully saturated rings. The lowest BCUT2D eigenvalue weighted by atomic mass is 9.78. The number of amides is 3. The molecule has 2 bridgehead atoms. The van der Waals surface area contributed by atoms with E-state index in [2.05, 4.69) is 36.4 Å². The molecular weight excluding hydrogens is 550 g/mol. The minimum atomic E-state index is -1.13. The van der Waals surface area contributed by atoms with Crippen LogP contribution in [0.2, 0.25) is 0 Å². The number of β-lactam (4-membered cyclic amide) rings is 1. The molecule has 5 aliphatic heterocycles. The molecule has 4 N–H and O–H groups in total. The van der Waals surface area contributed by atoms with Gasteiger partial charge in [0.25, 0.3) is 0 Å². The second-order valence-electron chi connectivity index (χ2n) is 12.6. The van der Waals surface area contributed by atoms with Gasteiger partial charge in [-0.05, 0) is 49.1 Å². The van der Waals surface area contributed by atoms with Crippen LogP contribution < -0.4 is 16.0 Å². The molecule has 0 radical (unpaired) electrons. The average Bonchev–Trinajstić information content (AvgIpc) is 3.75. The first kappa shape index (κ1) is 26.8. The summed E-state index contributed by atoms with van der Waals surface area (Å²) in [5.74, 6) is -1.66. The highest BCUT2D eigenvalue weighted by Crippen LogP contribution is 2.54. The molecule has 1 aromatic heterocycles. The zero-order valence-corrected chi connectivity index (χ0v) is 23.8. The number of tetrazole rings is 1. The van der Waals surface area contributed by atoms with Crippen molar-refractivity contribution in [2.75, 3.05) is 26.2 Å². The molecule has 41 heavy (non-hydrogen) atoms. The number of carbonyl (C=O) groups is 4. The Bertz CT molecular complexity index is 1320. The van der Waals surface area contributed by atoms with Gasteiger partial charge < -0.3 is 30.9 Å². The Hall–Kier alpha value is -3.04. The monoisotopic (exact) mass is 585 g/mol. The summed E-state index contributed by atoms with van der Waals surface area (Å²) in [7, 11) is 0. The van der Waals surface area contributed by atoms with Crippen molar-refractivity contribution >= 4 is 35.5 Å². The Kier molecular flexibility index (Phi) is 6.39. The fraction of sp³-hybridized carbons (Fsp3) is 0.731. The number of likely N-dealkylation sites (tertiary alicyclic amines) is 1. The third-order valence-electron chi connectivity index (χ3n) is 10.2. The summed E-state index contributed by atoms with van der Waals surface area (Å²) < 4.78 is 1.29. The molecule has 9 atom stereocenters. The van der Waals surface area contributed by atoms with Crippen LogP contribution in [0, 0.1) is 23.2 Å². The first-order valence-electron chi connectivity index (χ1n) is 14.4. The van der Waals surface area contributed by atoms with E-state index in [0.717, 1.165) is 32.5 Å². The second-order valence-corrected chi connectivity index (χ2v) is 13.9. The molecule has 6 heterocycles. The van der Waals surface area contributed by atoms with Crippen molar-refractivity contribution in [2.24, 2.45) is 23.2 Å². The lowest BCUT2D eigenvalue weighted by molar-refractivity contribution is -0.158. The molecule has 14 nitrogen and oxygen atoms in total. The molecule has 15 heteroatoms. The maximum absolute atomic E-state index is 13.5. The maximum Gasteiger partial charge on any atom is 0.353 e. The molecular formula is C26H35N9O5S. The molecule has 1 aromatic rings. The Morgan fingerprint density at radius 2 is 2.12 bits per heavy atom. The number of carbonyl (C=O) groups excluding carboxylic acids is 3. The molecule has 4 saturated heterocycles. The molecule has 1 saturated carbocycles. The summed E-state index contributed by atoms with van der Waals surface area (Å²) in [5, 5.41) is 30.6. The molecule has 1 aliphatic carbocycles. The molecule has 2 unspecified atom stereocenters. The summed E-state index contributed by atoms with van der Waals surface area (Å²) in [6.45, 7) is 7.13.